The van der Waals surface area contributed by atoms with Crippen molar-refractivity contribution >= 4 is 0 Å². The van der Waals surface area contributed by atoms with Crippen molar-refractivity contribution in [2.45, 2.75) is 32.2 Å². The molecule has 14 heavy (non-hydrogen) atoms. The van der Waals surface area contributed by atoms with Crippen LogP contribution in [-0.2, 0) is 6.42 Å². The van der Waals surface area contributed by atoms with Crippen molar-refractivity contribution in [2.24, 2.45) is 5.73 Å². The van der Waals surface area contributed by atoms with Crippen molar-refractivity contribution in [2.75, 3.05) is 0 Å². The lowest BCUT2D eigenvalue weighted by molar-refractivity contribution is 0.623. The summed E-state index contributed by atoms with van der Waals surface area (Å²) in [5, 5.41) is 0. The third kappa shape index (κ3) is 3.64. The van der Waals surface area contributed by atoms with Crippen LogP contribution in [0.25, 0.3) is 0 Å². The molecule has 0 aliphatic rings. The average Bonchev–Trinajstić information content (AvgIpc) is 2.15. The summed E-state index contributed by atoms with van der Waals surface area (Å²) in [4.78, 5) is 0. The van der Waals surface area contributed by atoms with Gasteiger partial charge in [0.05, 0.1) is 0 Å². The van der Waals surface area contributed by atoms with Gasteiger partial charge in [0.2, 0.25) is 0 Å². The summed E-state index contributed by atoms with van der Waals surface area (Å²) in [6.07, 6.45) is 7.79. The van der Waals surface area contributed by atoms with E-state index in [4.69, 9.17) is 12.2 Å². The van der Waals surface area contributed by atoms with Gasteiger partial charge in [-0.15, -0.1) is 12.3 Å². The Hall–Kier alpha value is -1.26. The van der Waals surface area contributed by atoms with Gasteiger partial charge in [0.25, 0.3) is 0 Å². The minimum absolute atomic E-state index is 0.188. The van der Waals surface area contributed by atoms with E-state index in [0.717, 1.165) is 19.3 Å². The number of hydrogen-bond acceptors (Lipinski definition) is 1. The molecule has 0 fully saturated rings. The predicted octanol–water partition coefficient (Wildman–Crippen LogP) is 2.28. The van der Waals surface area contributed by atoms with Gasteiger partial charge < -0.3 is 5.73 Å². The zero-order valence-corrected chi connectivity index (χ0v) is 8.66. The standard InChI is InChI=1S/C13H17N/c1-3-4-8-13(14)10-12-7-5-6-11(2)9-12/h1,5-7,9,13H,4,8,10,14H2,2H3. The van der Waals surface area contributed by atoms with Crippen LogP contribution in [0, 0.1) is 19.3 Å². The zero-order valence-electron chi connectivity index (χ0n) is 8.66. The number of rotatable bonds is 4. The molecule has 1 nitrogen and oxygen atoms in total. The summed E-state index contributed by atoms with van der Waals surface area (Å²) in [7, 11) is 0. The van der Waals surface area contributed by atoms with Gasteiger partial charge in [0.1, 0.15) is 0 Å². The van der Waals surface area contributed by atoms with Gasteiger partial charge in [0, 0.05) is 12.5 Å². The highest BCUT2D eigenvalue weighted by atomic mass is 14.6. The zero-order chi connectivity index (χ0) is 10.4. The van der Waals surface area contributed by atoms with Crippen LogP contribution in [0.2, 0.25) is 0 Å². The second-order valence-corrected chi connectivity index (χ2v) is 3.70. The molecule has 1 aromatic carbocycles. The highest BCUT2D eigenvalue weighted by Gasteiger charge is 2.02. The van der Waals surface area contributed by atoms with E-state index in [1.807, 2.05) is 0 Å². The molecular formula is C13H17N. The molecule has 0 heterocycles. The first-order chi connectivity index (χ1) is 6.72. The third-order valence-electron chi connectivity index (χ3n) is 2.24. The molecule has 0 saturated heterocycles. The molecule has 0 spiro atoms. The van der Waals surface area contributed by atoms with E-state index >= 15 is 0 Å². The van der Waals surface area contributed by atoms with Crippen molar-refractivity contribution in [1.82, 2.24) is 0 Å². The molecule has 0 bridgehead atoms. The van der Waals surface area contributed by atoms with Gasteiger partial charge in [-0.1, -0.05) is 29.8 Å². The molecule has 0 aliphatic heterocycles. The van der Waals surface area contributed by atoms with Crippen LogP contribution in [0.5, 0.6) is 0 Å². The largest absolute Gasteiger partial charge is 0.327 e. The predicted molar refractivity (Wildman–Crippen MR) is 60.9 cm³/mol. The Kier molecular flexibility index (Phi) is 4.22. The second kappa shape index (κ2) is 5.47. The normalized spacial score (nSPS) is 12.1. The number of terminal acetylenes is 1. The number of aryl methyl sites for hydroxylation is 1. The SMILES string of the molecule is C#CCCC(N)Cc1cccc(C)c1. The summed E-state index contributed by atoms with van der Waals surface area (Å²) in [6.45, 7) is 2.09. The van der Waals surface area contributed by atoms with Crippen LogP contribution < -0.4 is 5.73 Å². The first-order valence-electron chi connectivity index (χ1n) is 4.97. The lowest BCUT2D eigenvalue weighted by Crippen LogP contribution is -2.22. The van der Waals surface area contributed by atoms with Crippen LogP contribution in [-0.4, -0.2) is 6.04 Å². The van der Waals surface area contributed by atoms with Gasteiger partial charge in [-0.2, -0.15) is 0 Å². The molecule has 1 aromatic rings. The molecule has 2 N–H and O–H groups in total. The van der Waals surface area contributed by atoms with Gasteiger partial charge >= 0.3 is 0 Å². The maximum atomic E-state index is 5.95. The summed E-state index contributed by atoms with van der Waals surface area (Å²) >= 11 is 0. The highest BCUT2D eigenvalue weighted by Crippen LogP contribution is 2.08. The molecule has 0 aliphatic carbocycles. The Balaban J connectivity index is 2.48. The minimum atomic E-state index is 0.188. The fourth-order valence-electron chi connectivity index (χ4n) is 1.51. The highest BCUT2D eigenvalue weighted by molar-refractivity contribution is 5.22. The maximum Gasteiger partial charge on any atom is 0.0101 e. The summed E-state index contributed by atoms with van der Waals surface area (Å²) < 4.78 is 0. The Labute approximate surface area is 86.3 Å². The minimum Gasteiger partial charge on any atom is -0.327 e. The third-order valence-corrected chi connectivity index (χ3v) is 2.24. The molecule has 1 heteroatoms. The summed E-state index contributed by atoms with van der Waals surface area (Å²) in [5.41, 5.74) is 8.53. The van der Waals surface area contributed by atoms with E-state index < -0.39 is 0 Å². The molecule has 1 atom stereocenters. The second-order valence-electron chi connectivity index (χ2n) is 3.70. The van der Waals surface area contributed by atoms with Crippen molar-refractivity contribution < 1.29 is 0 Å². The van der Waals surface area contributed by atoms with E-state index in [1.54, 1.807) is 0 Å². The first kappa shape index (κ1) is 10.8. The smallest absolute Gasteiger partial charge is 0.0101 e. The van der Waals surface area contributed by atoms with E-state index in [2.05, 4.69) is 37.1 Å². The van der Waals surface area contributed by atoms with Gasteiger partial charge in [-0.05, 0) is 25.3 Å². The van der Waals surface area contributed by atoms with Crippen molar-refractivity contribution in [3.8, 4) is 12.3 Å². The number of hydrogen-bond donors (Lipinski definition) is 1. The van der Waals surface area contributed by atoms with Gasteiger partial charge in [-0.25, -0.2) is 0 Å². The van der Waals surface area contributed by atoms with Crippen LogP contribution in [0.15, 0.2) is 24.3 Å². The van der Waals surface area contributed by atoms with Gasteiger partial charge in [-0.3, -0.25) is 0 Å². The number of benzene rings is 1. The fraction of sp³-hybridized carbons (Fsp3) is 0.385. The van der Waals surface area contributed by atoms with E-state index in [9.17, 15) is 0 Å². The Morgan fingerprint density at radius 3 is 2.93 bits per heavy atom. The Morgan fingerprint density at radius 2 is 2.29 bits per heavy atom. The molecule has 0 saturated carbocycles. The van der Waals surface area contributed by atoms with E-state index in [-0.39, 0.29) is 6.04 Å². The van der Waals surface area contributed by atoms with E-state index in [0.29, 0.717) is 0 Å². The quantitative estimate of drug-likeness (QED) is 0.719. The molecule has 1 unspecified atom stereocenters. The van der Waals surface area contributed by atoms with Crippen LogP contribution in [0.4, 0.5) is 0 Å². The van der Waals surface area contributed by atoms with E-state index in [1.165, 1.54) is 11.1 Å². The number of nitrogens with two attached hydrogens (primary N) is 1. The molecular weight excluding hydrogens is 170 g/mol. The van der Waals surface area contributed by atoms with Crippen LogP contribution in [0.1, 0.15) is 24.0 Å². The maximum absolute atomic E-state index is 5.95. The van der Waals surface area contributed by atoms with Crippen LogP contribution in [0.3, 0.4) is 0 Å². The fourth-order valence-corrected chi connectivity index (χ4v) is 1.51. The lowest BCUT2D eigenvalue weighted by Gasteiger charge is -2.09. The Morgan fingerprint density at radius 1 is 1.50 bits per heavy atom. The van der Waals surface area contributed by atoms with Gasteiger partial charge in [0.15, 0.2) is 0 Å². The molecule has 0 aromatic heterocycles. The van der Waals surface area contributed by atoms with Crippen molar-refractivity contribution in [3.63, 3.8) is 0 Å². The first-order valence-corrected chi connectivity index (χ1v) is 4.97. The molecule has 74 valence electrons. The summed E-state index contributed by atoms with van der Waals surface area (Å²) in [5.74, 6) is 2.62. The molecule has 0 amide bonds. The van der Waals surface area contributed by atoms with Crippen LogP contribution >= 0.6 is 0 Å². The topological polar surface area (TPSA) is 26.0 Å². The van der Waals surface area contributed by atoms with Crippen molar-refractivity contribution in [1.29, 1.82) is 0 Å². The monoisotopic (exact) mass is 187 g/mol. The molecule has 1 rings (SSSR count). The summed E-state index contributed by atoms with van der Waals surface area (Å²) in [6, 6.07) is 8.64. The lowest BCUT2D eigenvalue weighted by atomic mass is 10.0. The average molecular weight is 187 g/mol. The van der Waals surface area contributed by atoms with Crippen molar-refractivity contribution in [3.05, 3.63) is 35.4 Å². The molecule has 0 radical (unpaired) electrons. The Bertz CT molecular complexity index is 322.